The molecule has 2 heterocycles. The Bertz CT molecular complexity index is 481. The number of piperazine rings is 1. The lowest BCUT2D eigenvalue weighted by Gasteiger charge is -2.37. The van der Waals surface area contributed by atoms with Crippen LogP contribution in [0.5, 0.6) is 0 Å². The van der Waals surface area contributed by atoms with Gasteiger partial charge in [-0.3, -0.25) is 14.7 Å². The third kappa shape index (κ3) is 5.24. The Hall–Kier alpha value is -1.72. The molecule has 0 aliphatic carbocycles. The Kier molecular flexibility index (Phi) is 6.55. The first-order valence-corrected chi connectivity index (χ1v) is 8.01. The van der Waals surface area contributed by atoms with Gasteiger partial charge in [-0.2, -0.15) is 0 Å². The van der Waals surface area contributed by atoms with E-state index in [1.165, 1.54) is 0 Å². The van der Waals surface area contributed by atoms with E-state index in [0.29, 0.717) is 12.6 Å². The van der Waals surface area contributed by atoms with E-state index in [2.05, 4.69) is 33.9 Å². The van der Waals surface area contributed by atoms with Crippen LogP contribution in [-0.4, -0.2) is 66.0 Å². The lowest BCUT2D eigenvalue weighted by Crippen LogP contribution is -2.52. The van der Waals surface area contributed by atoms with Crippen LogP contribution in [0.1, 0.15) is 19.4 Å². The minimum Gasteiger partial charge on any atom is -0.351 e. The highest BCUT2D eigenvalue weighted by Crippen LogP contribution is 2.05. The standard InChI is InChI=1S/C17H26N4O/c1-3-20-10-12-21(13-11-20)15(2)14-19-17(22)5-4-16-6-8-18-9-7-16/h4-9,15H,3,10-14H2,1-2H3,(H,19,22). The van der Waals surface area contributed by atoms with Crippen LogP contribution in [0.25, 0.3) is 6.08 Å². The predicted octanol–water partition coefficient (Wildman–Crippen LogP) is 1.24. The summed E-state index contributed by atoms with van der Waals surface area (Å²) in [5, 5.41) is 2.98. The van der Waals surface area contributed by atoms with Crippen molar-refractivity contribution in [3.8, 4) is 0 Å². The molecule has 1 amide bonds. The van der Waals surface area contributed by atoms with E-state index in [9.17, 15) is 4.79 Å². The number of amides is 1. The molecule has 1 N–H and O–H groups in total. The minimum absolute atomic E-state index is 0.0455. The van der Waals surface area contributed by atoms with Crippen LogP contribution < -0.4 is 5.32 Å². The summed E-state index contributed by atoms with van der Waals surface area (Å²) >= 11 is 0. The fourth-order valence-electron chi connectivity index (χ4n) is 2.60. The van der Waals surface area contributed by atoms with Crippen molar-refractivity contribution in [2.24, 2.45) is 0 Å². The highest BCUT2D eigenvalue weighted by molar-refractivity contribution is 5.91. The van der Waals surface area contributed by atoms with Crippen LogP contribution >= 0.6 is 0 Å². The maximum Gasteiger partial charge on any atom is 0.244 e. The molecule has 1 aromatic heterocycles. The predicted molar refractivity (Wildman–Crippen MR) is 89.4 cm³/mol. The van der Waals surface area contributed by atoms with Gasteiger partial charge < -0.3 is 10.2 Å². The van der Waals surface area contributed by atoms with Crippen LogP contribution in [0.2, 0.25) is 0 Å². The number of likely N-dealkylation sites (N-methyl/N-ethyl adjacent to an activating group) is 1. The van der Waals surface area contributed by atoms with E-state index >= 15 is 0 Å². The van der Waals surface area contributed by atoms with Gasteiger partial charge in [0.05, 0.1) is 0 Å². The second-order valence-corrected chi connectivity index (χ2v) is 5.68. The number of carbonyl (C=O) groups excluding carboxylic acids is 1. The van der Waals surface area contributed by atoms with E-state index in [1.807, 2.05) is 18.2 Å². The van der Waals surface area contributed by atoms with Gasteiger partial charge in [-0.05, 0) is 37.2 Å². The lowest BCUT2D eigenvalue weighted by molar-refractivity contribution is -0.116. The quantitative estimate of drug-likeness (QED) is 0.803. The fraction of sp³-hybridized carbons (Fsp3) is 0.529. The maximum atomic E-state index is 11.9. The van der Waals surface area contributed by atoms with Gasteiger partial charge in [0.2, 0.25) is 5.91 Å². The SMILES string of the molecule is CCN1CCN(C(C)CNC(=O)C=Cc2ccncc2)CC1. The average Bonchev–Trinajstić information content (AvgIpc) is 2.58. The zero-order valence-electron chi connectivity index (χ0n) is 13.5. The van der Waals surface area contributed by atoms with Crippen molar-refractivity contribution in [2.75, 3.05) is 39.3 Å². The molecule has 1 aliphatic rings. The second kappa shape index (κ2) is 8.66. The van der Waals surface area contributed by atoms with Crippen LogP contribution in [0.4, 0.5) is 0 Å². The molecule has 2 rings (SSSR count). The van der Waals surface area contributed by atoms with Crippen molar-refractivity contribution in [3.05, 3.63) is 36.2 Å². The molecule has 0 bridgehead atoms. The monoisotopic (exact) mass is 302 g/mol. The summed E-state index contributed by atoms with van der Waals surface area (Å²) in [6.45, 7) is 10.6. The molecule has 1 aromatic rings. The number of hydrogen-bond acceptors (Lipinski definition) is 4. The Labute approximate surface area is 133 Å². The number of aromatic nitrogens is 1. The third-order valence-corrected chi connectivity index (χ3v) is 4.18. The molecule has 1 unspecified atom stereocenters. The molecule has 0 radical (unpaired) electrons. The van der Waals surface area contributed by atoms with E-state index < -0.39 is 0 Å². The molecule has 5 nitrogen and oxygen atoms in total. The molecule has 5 heteroatoms. The first-order chi connectivity index (χ1) is 10.7. The third-order valence-electron chi connectivity index (χ3n) is 4.18. The first-order valence-electron chi connectivity index (χ1n) is 8.01. The number of nitrogens with zero attached hydrogens (tertiary/aromatic N) is 3. The Morgan fingerprint density at radius 3 is 2.64 bits per heavy atom. The van der Waals surface area contributed by atoms with E-state index in [1.54, 1.807) is 18.5 Å². The zero-order valence-corrected chi connectivity index (χ0v) is 13.5. The molecule has 1 aliphatic heterocycles. The van der Waals surface area contributed by atoms with Crippen LogP contribution in [-0.2, 0) is 4.79 Å². The molecule has 120 valence electrons. The van der Waals surface area contributed by atoms with Crippen molar-refractivity contribution in [1.82, 2.24) is 20.1 Å². The smallest absolute Gasteiger partial charge is 0.244 e. The van der Waals surface area contributed by atoms with E-state index in [0.717, 1.165) is 38.3 Å². The van der Waals surface area contributed by atoms with Gasteiger partial charge in [-0.1, -0.05) is 6.92 Å². The summed E-state index contributed by atoms with van der Waals surface area (Å²) in [5.74, 6) is -0.0455. The summed E-state index contributed by atoms with van der Waals surface area (Å²) in [7, 11) is 0. The van der Waals surface area contributed by atoms with E-state index in [4.69, 9.17) is 0 Å². The Balaban J connectivity index is 1.71. The molecular weight excluding hydrogens is 276 g/mol. The van der Waals surface area contributed by atoms with Gasteiger partial charge >= 0.3 is 0 Å². The topological polar surface area (TPSA) is 48.5 Å². The second-order valence-electron chi connectivity index (χ2n) is 5.68. The van der Waals surface area contributed by atoms with Crippen LogP contribution in [0.3, 0.4) is 0 Å². The molecule has 0 spiro atoms. The first kappa shape index (κ1) is 16.6. The van der Waals surface area contributed by atoms with Crippen LogP contribution in [0.15, 0.2) is 30.6 Å². The highest BCUT2D eigenvalue weighted by Gasteiger charge is 2.20. The van der Waals surface area contributed by atoms with Gasteiger partial charge in [0.15, 0.2) is 0 Å². The van der Waals surface area contributed by atoms with Gasteiger partial charge in [0.25, 0.3) is 0 Å². The minimum atomic E-state index is -0.0455. The van der Waals surface area contributed by atoms with Crippen molar-refractivity contribution in [3.63, 3.8) is 0 Å². The molecule has 22 heavy (non-hydrogen) atoms. The number of pyridine rings is 1. The Morgan fingerprint density at radius 2 is 2.00 bits per heavy atom. The van der Waals surface area contributed by atoms with E-state index in [-0.39, 0.29) is 5.91 Å². The zero-order chi connectivity index (χ0) is 15.8. The number of carbonyl (C=O) groups is 1. The van der Waals surface area contributed by atoms with Gasteiger partial charge in [-0.25, -0.2) is 0 Å². The maximum absolute atomic E-state index is 11.9. The van der Waals surface area contributed by atoms with Gasteiger partial charge in [0.1, 0.15) is 0 Å². The summed E-state index contributed by atoms with van der Waals surface area (Å²) in [4.78, 5) is 20.7. The number of nitrogens with one attached hydrogen (secondary N) is 1. The van der Waals surface area contributed by atoms with Gasteiger partial charge in [-0.15, -0.1) is 0 Å². The number of rotatable bonds is 6. The average molecular weight is 302 g/mol. The van der Waals surface area contributed by atoms with Crippen LogP contribution in [0, 0.1) is 0 Å². The lowest BCUT2D eigenvalue weighted by atomic mass is 10.2. The largest absolute Gasteiger partial charge is 0.351 e. The molecule has 0 aromatic carbocycles. The van der Waals surface area contributed by atoms with Gasteiger partial charge in [0, 0.05) is 57.2 Å². The normalized spacial score (nSPS) is 18.5. The summed E-state index contributed by atoms with van der Waals surface area (Å²) in [6.07, 6.45) is 6.82. The summed E-state index contributed by atoms with van der Waals surface area (Å²) < 4.78 is 0. The van der Waals surface area contributed by atoms with Crippen molar-refractivity contribution in [1.29, 1.82) is 0 Å². The highest BCUT2D eigenvalue weighted by atomic mass is 16.1. The molecule has 0 saturated carbocycles. The molecule has 1 fully saturated rings. The molecule has 1 saturated heterocycles. The van der Waals surface area contributed by atoms with Crippen molar-refractivity contribution < 1.29 is 4.79 Å². The summed E-state index contributed by atoms with van der Waals surface area (Å²) in [5.41, 5.74) is 0.980. The Morgan fingerprint density at radius 1 is 1.32 bits per heavy atom. The van der Waals surface area contributed by atoms with Crippen molar-refractivity contribution >= 4 is 12.0 Å². The molecule has 1 atom stereocenters. The number of hydrogen-bond donors (Lipinski definition) is 1. The molecular formula is C17H26N4O. The van der Waals surface area contributed by atoms with Crippen molar-refractivity contribution in [2.45, 2.75) is 19.9 Å². The summed E-state index contributed by atoms with van der Waals surface area (Å²) in [6, 6.07) is 4.12. The fourth-order valence-corrected chi connectivity index (χ4v) is 2.60.